The first kappa shape index (κ1) is 13.8. The average molecular weight is 315 g/mol. The maximum Gasteiger partial charge on any atom is 0.346 e. The summed E-state index contributed by atoms with van der Waals surface area (Å²) < 4.78 is 13.4. The summed E-state index contributed by atoms with van der Waals surface area (Å²) in [6, 6.07) is 0. The van der Waals surface area contributed by atoms with Crippen molar-refractivity contribution in [3.8, 4) is 0 Å². The molecular formula is C19H26O2Si. The molecular weight excluding hydrogens is 288 g/mol. The molecule has 6 atom stereocenters. The van der Waals surface area contributed by atoms with Crippen molar-refractivity contribution in [3.05, 3.63) is 36.5 Å². The molecule has 0 saturated heterocycles. The molecule has 22 heavy (non-hydrogen) atoms. The Morgan fingerprint density at radius 3 is 1.95 bits per heavy atom. The molecule has 0 aromatic heterocycles. The Labute approximate surface area is 134 Å². The minimum Gasteiger partial charge on any atom is -0.394 e. The van der Waals surface area contributed by atoms with Gasteiger partial charge in [0.15, 0.2) is 0 Å². The molecule has 0 aromatic carbocycles. The summed E-state index contributed by atoms with van der Waals surface area (Å²) in [7, 11) is -2.16. The second-order valence-corrected chi connectivity index (χ2v) is 11.4. The van der Waals surface area contributed by atoms with E-state index in [4.69, 9.17) is 8.85 Å². The fraction of sp³-hybridized carbons (Fsp3) is 0.684. The number of fused-ring (bicyclic) bond motifs is 4. The highest BCUT2D eigenvalue weighted by atomic mass is 28.4. The quantitative estimate of drug-likeness (QED) is 0.557. The van der Waals surface area contributed by atoms with Crippen LogP contribution in [-0.4, -0.2) is 21.8 Å². The molecule has 5 aliphatic rings. The summed E-state index contributed by atoms with van der Waals surface area (Å²) in [6.45, 7) is 1.65. The summed E-state index contributed by atoms with van der Waals surface area (Å²) >= 11 is 0. The molecule has 2 fully saturated rings. The van der Waals surface area contributed by atoms with Crippen molar-refractivity contribution >= 4 is 8.56 Å². The predicted molar refractivity (Wildman–Crippen MR) is 89.6 cm³/mol. The lowest BCUT2D eigenvalue weighted by Gasteiger charge is -2.44. The van der Waals surface area contributed by atoms with Crippen LogP contribution in [0.1, 0.15) is 32.1 Å². The SMILES string of the molecule is C1=CC2CC1CC2[Si]1(C2CC3C=CC2C3)OC/C=C\CCO1. The van der Waals surface area contributed by atoms with Crippen LogP contribution < -0.4 is 0 Å². The van der Waals surface area contributed by atoms with Crippen LogP contribution in [0.5, 0.6) is 0 Å². The standard InChI is InChI=1S/C19H26O2Si/c1-2-8-20-22(21-9-3-1,18-12-14-4-6-16(18)10-14)19-13-15-5-7-17(19)11-15/h1-2,4-7,14-19H,3,8-13H2/b2-1-. The zero-order valence-electron chi connectivity index (χ0n) is 13.2. The van der Waals surface area contributed by atoms with Crippen molar-refractivity contribution < 1.29 is 8.85 Å². The lowest BCUT2D eigenvalue weighted by atomic mass is 10.1. The minimum absolute atomic E-state index is 0.701. The number of hydrogen-bond acceptors (Lipinski definition) is 2. The third kappa shape index (κ3) is 1.98. The van der Waals surface area contributed by atoms with E-state index in [0.29, 0.717) is 11.1 Å². The highest BCUT2D eigenvalue weighted by Crippen LogP contribution is 2.61. The van der Waals surface area contributed by atoms with E-state index in [2.05, 4.69) is 36.5 Å². The van der Waals surface area contributed by atoms with Crippen LogP contribution in [-0.2, 0) is 8.85 Å². The van der Waals surface area contributed by atoms with Gasteiger partial charge in [-0.15, -0.1) is 0 Å². The van der Waals surface area contributed by atoms with Gasteiger partial charge < -0.3 is 8.85 Å². The van der Waals surface area contributed by atoms with Crippen LogP contribution in [0.3, 0.4) is 0 Å². The first-order valence-corrected chi connectivity index (χ1v) is 11.1. The molecule has 2 saturated carbocycles. The summed E-state index contributed by atoms with van der Waals surface area (Å²) in [6.07, 6.45) is 20.8. The molecule has 1 heterocycles. The average Bonchev–Trinajstić information content (AvgIpc) is 3.28. The van der Waals surface area contributed by atoms with Gasteiger partial charge in [-0.2, -0.15) is 0 Å². The number of allylic oxidation sites excluding steroid dienone is 4. The van der Waals surface area contributed by atoms with E-state index in [1.54, 1.807) is 0 Å². The van der Waals surface area contributed by atoms with Crippen molar-refractivity contribution in [2.75, 3.05) is 13.2 Å². The van der Waals surface area contributed by atoms with Crippen molar-refractivity contribution in [3.63, 3.8) is 0 Å². The lowest BCUT2D eigenvalue weighted by molar-refractivity contribution is 0.150. The summed E-state index contributed by atoms with van der Waals surface area (Å²) in [4.78, 5) is 0. The zero-order valence-corrected chi connectivity index (χ0v) is 14.2. The molecule has 6 unspecified atom stereocenters. The molecule has 5 rings (SSSR count). The van der Waals surface area contributed by atoms with Crippen LogP contribution >= 0.6 is 0 Å². The van der Waals surface area contributed by atoms with Crippen LogP contribution in [0.4, 0.5) is 0 Å². The van der Waals surface area contributed by atoms with E-state index < -0.39 is 8.56 Å². The van der Waals surface area contributed by atoms with Crippen LogP contribution in [0.15, 0.2) is 36.5 Å². The van der Waals surface area contributed by atoms with Gasteiger partial charge in [-0.25, -0.2) is 0 Å². The zero-order chi connectivity index (χ0) is 14.6. The summed E-state index contributed by atoms with van der Waals surface area (Å²) in [5, 5.41) is 0. The van der Waals surface area contributed by atoms with Crippen LogP contribution in [0, 0.1) is 23.7 Å². The molecule has 0 spiro atoms. The van der Waals surface area contributed by atoms with Gasteiger partial charge in [0.2, 0.25) is 0 Å². The topological polar surface area (TPSA) is 18.5 Å². The largest absolute Gasteiger partial charge is 0.394 e. The van der Waals surface area contributed by atoms with Gasteiger partial charge in [0.05, 0.1) is 6.61 Å². The smallest absolute Gasteiger partial charge is 0.346 e. The van der Waals surface area contributed by atoms with Gasteiger partial charge in [0.25, 0.3) is 0 Å². The molecule has 0 aromatic rings. The Morgan fingerprint density at radius 1 is 0.727 bits per heavy atom. The first-order chi connectivity index (χ1) is 10.9. The Bertz CT molecular complexity index is 504. The molecule has 3 heteroatoms. The molecule has 4 bridgehead atoms. The van der Waals surface area contributed by atoms with Crippen molar-refractivity contribution in [1.82, 2.24) is 0 Å². The van der Waals surface area contributed by atoms with E-state index in [-0.39, 0.29) is 0 Å². The van der Waals surface area contributed by atoms with Gasteiger partial charge >= 0.3 is 8.56 Å². The van der Waals surface area contributed by atoms with Gasteiger partial charge in [0.1, 0.15) is 0 Å². The fourth-order valence-corrected chi connectivity index (χ4v) is 11.1. The van der Waals surface area contributed by atoms with Gasteiger partial charge in [0, 0.05) is 17.7 Å². The van der Waals surface area contributed by atoms with E-state index in [0.717, 1.165) is 43.3 Å². The minimum atomic E-state index is -2.16. The molecule has 4 aliphatic carbocycles. The molecule has 2 nitrogen and oxygen atoms in total. The molecule has 0 radical (unpaired) electrons. The Morgan fingerprint density at radius 2 is 1.41 bits per heavy atom. The van der Waals surface area contributed by atoms with Crippen molar-refractivity contribution in [1.29, 1.82) is 0 Å². The molecule has 1 aliphatic heterocycles. The van der Waals surface area contributed by atoms with Crippen molar-refractivity contribution in [2.45, 2.75) is 43.2 Å². The Kier molecular flexibility index (Phi) is 3.24. The monoisotopic (exact) mass is 314 g/mol. The highest BCUT2D eigenvalue weighted by Gasteiger charge is 2.62. The number of rotatable bonds is 2. The predicted octanol–water partition coefficient (Wildman–Crippen LogP) is 4.35. The van der Waals surface area contributed by atoms with E-state index in [1.807, 2.05) is 0 Å². The number of hydrogen-bond donors (Lipinski definition) is 0. The molecule has 0 amide bonds. The maximum absolute atomic E-state index is 6.74. The Hall–Kier alpha value is -0.643. The third-order valence-corrected chi connectivity index (χ3v) is 11.4. The second kappa shape index (κ2) is 5.18. The maximum atomic E-state index is 6.74. The van der Waals surface area contributed by atoms with E-state index in [1.165, 1.54) is 25.7 Å². The second-order valence-electron chi connectivity index (χ2n) is 7.91. The summed E-state index contributed by atoms with van der Waals surface area (Å²) in [5.41, 5.74) is 1.40. The highest BCUT2D eigenvalue weighted by molar-refractivity contribution is 6.71. The lowest BCUT2D eigenvalue weighted by Crippen LogP contribution is -2.54. The van der Waals surface area contributed by atoms with Crippen LogP contribution in [0.2, 0.25) is 11.1 Å². The van der Waals surface area contributed by atoms with Crippen LogP contribution in [0.25, 0.3) is 0 Å². The van der Waals surface area contributed by atoms with Gasteiger partial charge in [-0.05, 0) is 55.8 Å². The molecule has 0 N–H and O–H groups in total. The van der Waals surface area contributed by atoms with Crippen molar-refractivity contribution in [2.24, 2.45) is 23.7 Å². The van der Waals surface area contributed by atoms with Gasteiger partial charge in [-0.1, -0.05) is 36.5 Å². The summed E-state index contributed by atoms with van der Waals surface area (Å²) in [5.74, 6) is 3.09. The Balaban J connectivity index is 1.51. The first-order valence-electron chi connectivity index (χ1n) is 9.15. The van der Waals surface area contributed by atoms with Gasteiger partial charge in [-0.3, -0.25) is 0 Å². The normalized spacial score (nSPS) is 53.8. The molecule has 118 valence electrons. The van der Waals surface area contributed by atoms with E-state index >= 15 is 0 Å². The fourth-order valence-electron chi connectivity index (χ4n) is 5.88. The third-order valence-electron chi connectivity index (χ3n) is 6.78. The van der Waals surface area contributed by atoms with E-state index in [9.17, 15) is 0 Å².